The van der Waals surface area contributed by atoms with Crippen LogP contribution >= 0.6 is 0 Å². The minimum Gasteiger partial charge on any atom is -0.353 e. The minimum absolute atomic E-state index is 0.0444. The van der Waals surface area contributed by atoms with Crippen LogP contribution in [-0.4, -0.2) is 52.9 Å². The topological polar surface area (TPSA) is 61.0 Å². The molecule has 0 aromatic carbocycles. The number of nitrogens with zero attached hydrogens (tertiary/aromatic N) is 2. The van der Waals surface area contributed by atoms with Crippen molar-refractivity contribution >= 4 is 5.91 Å². The van der Waals surface area contributed by atoms with Crippen molar-refractivity contribution in [3.05, 3.63) is 17.7 Å². The molecule has 2 aliphatic rings. The first kappa shape index (κ1) is 15.4. The Labute approximate surface area is 128 Å². The Hall–Kier alpha value is -1.50. The molecule has 0 radical (unpaired) electrons. The van der Waals surface area contributed by atoms with Crippen LogP contribution in [0, 0.1) is 5.92 Å². The molecule has 1 aromatic heterocycles. The summed E-state index contributed by atoms with van der Waals surface area (Å²) in [7, 11) is 0. The number of aromatic amines is 1. The van der Waals surface area contributed by atoms with Gasteiger partial charge in [-0.25, -0.2) is 13.8 Å². The highest BCUT2D eigenvalue weighted by Crippen LogP contribution is 2.21. The molecule has 0 bridgehead atoms. The lowest BCUT2D eigenvalue weighted by Gasteiger charge is -2.32. The van der Waals surface area contributed by atoms with Gasteiger partial charge in [-0.3, -0.25) is 9.69 Å². The second-order valence-corrected chi connectivity index (χ2v) is 6.24. The average molecular weight is 312 g/mol. The molecule has 1 unspecified atom stereocenters. The third-order valence-electron chi connectivity index (χ3n) is 4.69. The zero-order valence-electron chi connectivity index (χ0n) is 12.5. The van der Waals surface area contributed by atoms with E-state index in [2.05, 4.69) is 15.3 Å². The van der Waals surface area contributed by atoms with Crippen molar-refractivity contribution in [1.29, 1.82) is 0 Å². The molecule has 3 rings (SSSR count). The van der Waals surface area contributed by atoms with Crippen molar-refractivity contribution in [2.75, 3.05) is 19.6 Å². The second-order valence-electron chi connectivity index (χ2n) is 6.24. The molecule has 1 fully saturated rings. The molecule has 122 valence electrons. The standard InChI is InChI=1S/C15H22F2N4O/c16-14(17)8-21-5-3-10(4-6-21)15(22)20-11-1-2-12-13(7-11)19-9-18-12/h9-11,14H,1-8H2,(H,18,19)(H,20,22). The number of aromatic nitrogens is 2. The maximum Gasteiger partial charge on any atom is 0.251 e. The number of H-pyrrole nitrogens is 1. The Morgan fingerprint density at radius 3 is 2.91 bits per heavy atom. The summed E-state index contributed by atoms with van der Waals surface area (Å²) in [5, 5.41) is 3.12. The highest BCUT2D eigenvalue weighted by Gasteiger charge is 2.29. The normalized spacial score (nSPS) is 23.5. The number of imidazole rings is 1. The van der Waals surface area contributed by atoms with Crippen molar-refractivity contribution in [2.45, 2.75) is 44.6 Å². The molecule has 2 heterocycles. The second kappa shape index (κ2) is 6.73. The lowest BCUT2D eigenvalue weighted by molar-refractivity contribution is -0.127. The maximum atomic E-state index is 12.3. The fraction of sp³-hybridized carbons (Fsp3) is 0.733. The van der Waals surface area contributed by atoms with E-state index in [0.717, 1.165) is 30.7 Å². The number of hydrogen-bond donors (Lipinski definition) is 2. The number of nitrogens with one attached hydrogen (secondary N) is 2. The fourth-order valence-electron chi connectivity index (χ4n) is 3.42. The first-order valence-corrected chi connectivity index (χ1v) is 7.94. The van der Waals surface area contributed by atoms with Gasteiger partial charge in [0, 0.05) is 24.1 Å². The highest BCUT2D eigenvalue weighted by atomic mass is 19.3. The molecule has 1 aliphatic carbocycles. The van der Waals surface area contributed by atoms with Crippen LogP contribution in [0.4, 0.5) is 8.78 Å². The molecule has 1 atom stereocenters. The summed E-state index contributed by atoms with van der Waals surface area (Å²) in [6.45, 7) is 0.981. The molecule has 1 aromatic rings. The van der Waals surface area contributed by atoms with Gasteiger partial charge in [0.1, 0.15) is 0 Å². The largest absolute Gasteiger partial charge is 0.353 e. The molecule has 22 heavy (non-hydrogen) atoms. The molecular formula is C15H22F2N4O. The number of halogens is 2. The summed E-state index contributed by atoms with van der Waals surface area (Å²) in [4.78, 5) is 21.5. The number of hydrogen-bond acceptors (Lipinski definition) is 3. The van der Waals surface area contributed by atoms with Crippen LogP contribution in [0.25, 0.3) is 0 Å². The van der Waals surface area contributed by atoms with E-state index in [-0.39, 0.29) is 24.4 Å². The van der Waals surface area contributed by atoms with E-state index in [9.17, 15) is 13.6 Å². The number of aryl methyl sites for hydroxylation is 1. The number of likely N-dealkylation sites (tertiary alicyclic amines) is 1. The van der Waals surface area contributed by atoms with Crippen LogP contribution in [0.15, 0.2) is 6.33 Å². The minimum atomic E-state index is -2.30. The van der Waals surface area contributed by atoms with E-state index < -0.39 is 6.43 Å². The van der Waals surface area contributed by atoms with Crippen molar-refractivity contribution in [3.63, 3.8) is 0 Å². The van der Waals surface area contributed by atoms with Gasteiger partial charge in [0.25, 0.3) is 6.43 Å². The Morgan fingerprint density at radius 1 is 1.41 bits per heavy atom. The van der Waals surface area contributed by atoms with Crippen LogP contribution in [-0.2, 0) is 17.6 Å². The molecule has 5 nitrogen and oxygen atoms in total. The molecule has 1 amide bonds. The number of alkyl halides is 2. The van der Waals surface area contributed by atoms with Crippen LogP contribution in [0.5, 0.6) is 0 Å². The number of fused-ring (bicyclic) bond motifs is 1. The van der Waals surface area contributed by atoms with Crippen molar-refractivity contribution in [3.8, 4) is 0 Å². The number of carbonyl (C=O) groups excluding carboxylic acids is 1. The predicted octanol–water partition coefficient (Wildman–Crippen LogP) is 1.36. The summed E-state index contributed by atoms with van der Waals surface area (Å²) >= 11 is 0. The van der Waals surface area contributed by atoms with E-state index >= 15 is 0 Å². The summed E-state index contributed by atoms with van der Waals surface area (Å²) in [5.74, 6) is 0.0294. The molecule has 1 aliphatic heterocycles. The summed E-state index contributed by atoms with van der Waals surface area (Å²) < 4.78 is 24.7. The molecule has 7 heteroatoms. The first-order chi connectivity index (χ1) is 10.6. The van der Waals surface area contributed by atoms with Gasteiger partial charge in [-0.2, -0.15) is 0 Å². The SMILES string of the molecule is O=C(NC1CCc2nc[nH]c2C1)C1CCN(CC(F)F)CC1. The van der Waals surface area contributed by atoms with Gasteiger partial charge in [-0.05, 0) is 38.8 Å². The van der Waals surface area contributed by atoms with E-state index in [1.54, 1.807) is 11.2 Å². The smallest absolute Gasteiger partial charge is 0.251 e. The van der Waals surface area contributed by atoms with E-state index in [4.69, 9.17) is 0 Å². The van der Waals surface area contributed by atoms with E-state index in [1.165, 1.54) is 0 Å². The molecule has 0 spiro atoms. The van der Waals surface area contributed by atoms with Gasteiger partial charge >= 0.3 is 0 Å². The Bertz CT molecular complexity index is 511. The van der Waals surface area contributed by atoms with Gasteiger partial charge in [0.2, 0.25) is 5.91 Å². The Balaban J connectivity index is 1.45. The number of carbonyl (C=O) groups is 1. The van der Waals surface area contributed by atoms with Gasteiger partial charge < -0.3 is 10.3 Å². The van der Waals surface area contributed by atoms with Gasteiger partial charge in [-0.1, -0.05) is 0 Å². The highest BCUT2D eigenvalue weighted by molar-refractivity contribution is 5.79. The molecular weight excluding hydrogens is 290 g/mol. The Kier molecular flexibility index (Phi) is 4.71. The zero-order valence-corrected chi connectivity index (χ0v) is 12.5. The lowest BCUT2D eigenvalue weighted by atomic mass is 9.92. The monoisotopic (exact) mass is 312 g/mol. The number of amides is 1. The van der Waals surface area contributed by atoms with E-state index in [1.807, 2.05) is 0 Å². The Morgan fingerprint density at radius 2 is 2.18 bits per heavy atom. The predicted molar refractivity (Wildman–Crippen MR) is 77.7 cm³/mol. The average Bonchev–Trinajstić information content (AvgIpc) is 2.95. The van der Waals surface area contributed by atoms with Crippen molar-refractivity contribution in [1.82, 2.24) is 20.2 Å². The van der Waals surface area contributed by atoms with E-state index in [0.29, 0.717) is 25.9 Å². The lowest BCUT2D eigenvalue weighted by Crippen LogP contribution is -2.46. The van der Waals surface area contributed by atoms with Crippen LogP contribution in [0.2, 0.25) is 0 Å². The van der Waals surface area contributed by atoms with Crippen LogP contribution in [0.3, 0.4) is 0 Å². The fourth-order valence-corrected chi connectivity index (χ4v) is 3.42. The third kappa shape index (κ3) is 3.63. The summed E-state index contributed by atoms with van der Waals surface area (Å²) in [6.07, 6.45) is 3.33. The van der Waals surface area contributed by atoms with Crippen LogP contribution < -0.4 is 5.32 Å². The van der Waals surface area contributed by atoms with Gasteiger partial charge in [-0.15, -0.1) is 0 Å². The van der Waals surface area contributed by atoms with Gasteiger partial charge in [0.05, 0.1) is 18.6 Å². The quantitative estimate of drug-likeness (QED) is 0.882. The number of piperidine rings is 1. The van der Waals surface area contributed by atoms with Crippen molar-refractivity contribution in [2.24, 2.45) is 5.92 Å². The zero-order chi connectivity index (χ0) is 15.5. The third-order valence-corrected chi connectivity index (χ3v) is 4.69. The number of rotatable bonds is 4. The maximum absolute atomic E-state index is 12.3. The molecule has 2 N–H and O–H groups in total. The molecule has 0 saturated carbocycles. The first-order valence-electron chi connectivity index (χ1n) is 7.94. The van der Waals surface area contributed by atoms with Gasteiger partial charge in [0.15, 0.2) is 0 Å². The molecule has 1 saturated heterocycles. The summed E-state index contributed by atoms with van der Waals surface area (Å²) in [6, 6.07) is 0.152. The summed E-state index contributed by atoms with van der Waals surface area (Å²) in [5.41, 5.74) is 2.22. The van der Waals surface area contributed by atoms with Crippen molar-refractivity contribution < 1.29 is 13.6 Å². The van der Waals surface area contributed by atoms with Crippen LogP contribution in [0.1, 0.15) is 30.7 Å².